The lowest BCUT2D eigenvalue weighted by Crippen LogP contribution is -2.14. The summed E-state index contributed by atoms with van der Waals surface area (Å²) in [7, 11) is 0. The molecular weight excluding hydrogens is 188 g/mol. The van der Waals surface area contributed by atoms with Gasteiger partial charge in [-0.1, -0.05) is 27.7 Å². The third-order valence-corrected chi connectivity index (χ3v) is 2.84. The monoisotopic (exact) mass is 210 g/mol. The van der Waals surface area contributed by atoms with Crippen LogP contribution in [0.2, 0.25) is 0 Å². The molecule has 1 N–H and O–H groups in total. The average Bonchev–Trinajstić information content (AvgIpc) is 2.42. The fraction of sp³-hybridized carbons (Fsp3) is 0.750. The van der Waals surface area contributed by atoms with Crippen molar-refractivity contribution >= 4 is 0 Å². The summed E-state index contributed by atoms with van der Waals surface area (Å²) >= 11 is 0. The molecule has 1 heterocycles. The Morgan fingerprint density at radius 1 is 1.40 bits per heavy atom. The first-order valence-corrected chi connectivity index (χ1v) is 5.57. The van der Waals surface area contributed by atoms with Gasteiger partial charge in [0, 0.05) is 11.5 Å². The van der Waals surface area contributed by atoms with Crippen LogP contribution in [-0.4, -0.2) is 14.9 Å². The molecule has 1 atom stereocenters. The van der Waals surface area contributed by atoms with E-state index in [1.54, 1.807) is 0 Å². The molecule has 0 radical (unpaired) electrons. The number of aromatic hydroxyl groups is 1. The number of aromatic nitrogens is 2. The highest BCUT2D eigenvalue weighted by molar-refractivity contribution is 5.35. The molecule has 15 heavy (non-hydrogen) atoms. The van der Waals surface area contributed by atoms with Gasteiger partial charge in [-0.15, -0.1) is 0 Å². The first-order valence-electron chi connectivity index (χ1n) is 5.57. The summed E-state index contributed by atoms with van der Waals surface area (Å²) in [5.74, 6) is 0.350. The van der Waals surface area contributed by atoms with E-state index in [4.69, 9.17) is 0 Å². The lowest BCUT2D eigenvalue weighted by Gasteiger charge is -2.15. The van der Waals surface area contributed by atoms with Crippen LogP contribution in [0.1, 0.15) is 58.5 Å². The van der Waals surface area contributed by atoms with E-state index in [-0.39, 0.29) is 5.41 Å². The summed E-state index contributed by atoms with van der Waals surface area (Å²) in [5, 5.41) is 14.5. The second kappa shape index (κ2) is 3.87. The fourth-order valence-electron chi connectivity index (χ4n) is 1.62. The van der Waals surface area contributed by atoms with E-state index in [1.165, 1.54) is 0 Å². The van der Waals surface area contributed by atoms with E-state index in [0.717, 1.165) is 17.8 Å². The van der Waals surface area contributed by atoms with Crippen molar-refractivity contribution in [3.63, 3.8) is 0 Å². The summed E-state index contributed by atoms with van der Waals surface area (Å²) in [6.07, 6.45) is 1.02. The Bertz CT molecular complexity index is 347. The van der Waals surface area contributed by atoms with Crippen molar-refractivity contribution in [2.45, 2.75) is 59.4 Å². The molecular formula is C12H22N2O. The molecule has 0 saturated carbocycles. The summed E-state index contributed by atoms with van der Waals surface area (Å²) < 4.78 is 1.93. The van der Waals surface area contributed by atoms with E-state index < -0.39 is 0 Å². The Hall–Kier alpha value is -0.990. The van der Waals surface area contributed by atoms with E-state index in [0.29, 0.717) is 11.8 Å². The Balaban J connectivity index is 3.24. The highest BCUT2D eigenvalue weighted by Crippen LogP contribution is 2.33. The van der Waals surface area contributed by atoms with Gasteiger partial charge >= 0.3 is 0 Å². The molecule has 86 valence electrons. The minimum absolute atomic E-state index is 0.104. The summed E-state index contributed by atoms with van der Waals surface area (Å²) in [6, 6.07) is 0.340. The van der Waals surface area contributed by atoms with Gasteiger partial charge in [0.25, 0.3) is 0 Å². The van der Waals surface area contributed by atoms with E-state index in [2.05, 4.69) is 39.7 Å². The lowest BCUT2D eigenvalue weighted by atomic mass is 9.91. The van der Waals surface area contributed by atoms with Crippen LogP contribution in [0.3, 0.4) is 0 Å². The van der Waals surface area contributed by atoms with Gasteiger partial charge in [-0.3, -0.25) is 4.68 Å². The maximum atomic E-state index is 10.0. The molecule has 0 aliphatic heterocycles. The molecule has 1 unspecified atom stereocenters. The standard InChI is InChI=1S/C12H22N2O/c1-7-8(2)14-9(3)10(15)11(13-14)12(4,5)6/h8,15H,7H2,1-6H3. The maximum absolute atomic E-state index is 10.0. The third kappa shape index (κ3) is 2.16. The Morgan fingerprint density at radius 3 is 2.27 bits per heavy atom. The summed E-state index contributed by atoms with van der Waals surface area (Å²) in [5.41, 5.74) is 1.56. The number of hydrogen-bond donors (Lipinski definition) is 1. The molecule has 3 nitrogen and oxygen atoms in total. The zero-order chi connectivity index (χ0) is 11.8. The topological polar surface area (TPSA) is 38.0 Å². The largest absolute Gasteiger partial charge is 0.504 e. The predicted molar refractivity (Wildman–Crippen MR) is 62.3 cm³/mol. The summed E-state index contributed by atoms with van der Waals surface area (Å²) in [6.45, 7) is 12.4. The minimum Gasteiger partial charge on any atom is -0.504 e. The normalized spacial score (nSPS) is 14.3. The smallest absolute Gasteiger partial charge is 0.160 e. The number of hydrogen-bond acceptors (Lipinski definition) is 2. The van der Waals surface area contributed by atoms with Crippen molar-refractivity contribution in [2.75, 3.05) is 0 Å². The Labute approximate surface area is 92.1 Å². The first-order chi connectivity index (χ1) is 6.79. The molecule has 1 aromatic rings. The van der Waals surface area contributed by atoms with Crippen molar-refractivity contribution in [3.8, 4) is 5.75 Å². The molecule has 0 amide bonds. The molecule has 0 saturated heterocycles. The van der Waals surface area contributed by atoms with Crippen molar-refractivity contribution in [2.24, 2.45) is 0 Å². The van der Waals surface area contributed by atoms with Crippen LogP contribution in [0.25, 0.3) is 0 Å². The fourth-order valence-corrected chi connectivity index (χ4v) is 1.62. The van der Waals surface area contributed by atoms with Gasteiger partial charge in [0.05, 0.1) is 5.69 Å². The van der Waals surface area contributed by atoms with E-state index >= 15 is 0 Å². The molecule has 0 aliphatic rings. The van der Waals surface area contributed by atoms with Gasteiger partial charge in [0.1, 0.15) is 5.69 Å². The van der Waals surface area contributed by atoms with Crippen LogP contribution >= 0.6 is 0 Å². The highest BCUT2D eigenvalue weighted by atomic mass is 16.3. The van der Waals surface area contributed by atoms with Crippen molar-refractivity contribution in [3.05, 3.63) is 11.4 Å². The van der Waals surface area contributed by atoms with Crippen LogP contribution in [0, 0.1) is 6.92 Å². The predicted octanol–water partition coefficient (Wildman–Crippen LogP) is 3.17. The van der Waals surface area contributed by atoms with Gasteiger partial charge in [-0.05, 0) is 20.3 Å². The van der Waals surface area contributed by atoms with Crippen LogP contribution in [0.15, 0.2) is 0 Å². The molecule has 1 rings (SSSR count). The van der Waals surface area contributed by atoms with Crippen molar-refractivity contribution < 1.29 is 5.11 Å². The number of rotatable bonds is 2. The van der Waals surface area contributed by atoms with Crippen molar-refractivity contribution in [1.29, 1.82) is 0 Å². The van der Waals surface area contributed by atoms with Gasteiger partial charge < -0.3 is 5.11 Å². The van der Waals surface area contributed by atoms with Crippen LogP contribution in [0.5, 0.6) is 5.75 Å². The zero-order valence-electron chi connectivity index (χ0n) is 10.6. The average molecular weight is 210 g/mol. The second-order valence-electron chi connectivity index (χ2n) is 5.23. The first kappa shape index (κ1) is 12.1. The third-order valence-electron chi connectivity index (χ3n) is 2.84. The molecule has 1 aromatic heterocycles. The van der Waals surface area contributed by atoms with E-state index in [9.17, 15) is 5.11 Å². The lowest BCUT2D eigenvalue weighted by molar-refractivity contribution is 0.441. The maximum Gasteiger partial charge on any atom is 0.160 e. The molecule has 0 aliphatic carbocycles. The van der Waals surface area contributed by atoms with Gasteiger partial charge in [0.2, 0.25) is 0 Å². The molecule has 0 aromatic carbocycles. The quantitative estimate of drug-likeness (QED) is 0.814. The number of nitrogens with zero attached hydrogens (tertiary/aromatic N) is 2. The van der Waals surface area contributed by atoms with E-state index in [1.807, 2.05) is 11.6 Å². The minimum atomic E-state index is -0.104. The molecule has 0 spiro atoms. The zero-order valence-corrected chi connectivity index (χ0v) is 10.6. The molecule has 0 fully saturated rings. The molecule has 3 heteroatoms. The van der Waals surface area contributed by atoms with Gasteiger partial charge in [-0.25, -0.2) is 0 Å². The van der Waals surface area contributed by atoms with Gasteiger partial charge in [0.15, 0.2) is 5.75 Å². The van der Waals surface area contributed by atoms with Gasteiger partial charge in [-0.2, -0.15) is 5.10 Å². The van der Waals surface area contributed by atoms with Crippen molar-refractivity contribution in [1.82, 2.24) is 9.78 Å². The highest BCUT2D eigenvalue weighted by Gasteiger charge is 2.25. The SMILES string of the molecule is CCC(C)n1nc(C(C)(C)C)c(O)c1C. The second-order valence-corrected chi connectivity index (χ2v) is 5.23. The van der Waals surface area contributed by atoms with Crippen LogP contribution in [0.4, 0.5) is 0 Å². The van der Waals surface area contributed by atoms with Crippen LogP contribution < -0.4 is 0 Å². The summed E-state index contributed by atoms with van der Waals surface area (Å²) in [4.78, 5) is 0. The Morgan fingerprint density at radius 2 is 1.93 bits per heavy atom. The molecule has 0 bridgehead atoms. The Kier molecular flexibility index (Phi) is 3.12. The van der Waals surface area contributed by atoms with Crippen LogP contribution in [-0.2, 0) is 5.41 Å².